The first-order valence-electron chi connectivity index (χ1n) is 6.33. The molecule has 0 radical (unpaired) electrons. The Morgan fingerprint density at radius 2 is 2.16 bits per heavy atom. The fourth-order valence-corrected chi connectivity index (χ4v) is 4.08. The van der Waals surface area contributed by atoms with Gasteiger partial charge in [0.2, 0.25) is 5.91 Å². The van der Waals surface area contributed by atoms with Crippen molar-refractivity contribution in [2.75, 3.05) is 5.75 Å². The van der Waals surface area contributed by atoms with Crippen LogP contribution in [0.5, 0.6) is 5.75 Å². The van der Waals surface area contributed by atoms with Crippen molar-refractivity contribution in [3.05, 3.63) is 30.3 Å². The van der Waals surface area contributed by atoms with Gasteiger partial charge in [0.25, 0.3) is 0 Å². The fraction of sp³-hybridized carbons (Fsp3) is 0.429. The van der Waals surface area contributed by atoms with Crippen LogP contribution >= 0.6 is 11.8 Å². The first-order chi connectivity index (χ1) is 9.10. The van der Waals surface area contributed by atoms with Crippen LogP contribution in [0.25, 0.3) is 0 Å². The maximum atomic E-state index is 12.2. The van der Waals surface area contributed by atoms with Gasteiger partial charge in [-0.05, 0) is 25.5 Å². The van der Waals surface area contributed by atoms with E-state index in [1.54, 1.807) is 28.8 Å². The van der Waals surface area contributed by atoms with Crippen LogP contribution < -0.4 is 4.74 Å². The number of fused-ring (bicyclic) bond motifs is 1. The van der Waals surface area contributed by atoms with E-state index in [1.165, 1.54) is 0 Å². The summed E-state index contributed by atoms with van der Waals surface area (Å²) in [6, 6.07) is 8.53. The van der Waals surface area contributed by atoms with Gasteiger partial charge in [0, 0.05) is 12.2 Å². The Morgan fingerprint density at radius 3 is 2.89 bits per heavy atom. The lowest BCUT2D eigenvalue weighted by Crippen LogP contribution is -2.47. The average Bonchev–Trinajstić information content (AvgIpc) is 2.88. The predicted octanol–water partition coefficient (Wildman–Crippen LogP) is 2.05. The highest BCUT2D eigenvalue weighted by atomic mass is 32.2. The zero-order valence-corrected chi connectivity index (χ0v) is 11.5. The van der Waals surface area contributed by atoms with Crippen LogP contribution in [0.3, 0.4) is 0 Å². The molecule has 1 amide bonds. The lowest BCUT2D eigenvalue weighted by Gasteiger charge is -2.29. The summed E-state index contributed by atoms with van der Waals surface area (Å²) in [4.78, 5) is 25.6. The molecule has 3 rings (SSSR count). The van der Waals surface area contributed by atoms with Crippen molar-refractivity contribution in [3.8, 4) is 5.75 Å². The van der Waals surface area contributed by atoms with Gasteiger partial charge in [-0.15, -0.1) is 11.8 Å². The van der Waals surface area contributed by atoms with Gasteiger partial charge in [-0.3, -0.25) is 4.79 Å². The molecule has 2 atom stereocenters. The molecular formula is C14H15NO3S. The van der Waals surface area contributed by atoms with E-state index in [4.69, 9.17) is 4.74 Å². The number of rotatable bonds is 2. The zero-order valence-electron chi connectivity index (χ0n) is 10.7. The minimum absolute atomic E-state index is 0.0579. The Balaban J connectivity index is 1.76. The molecule has 0 bridgehead atoms. The minimum Gasteiger partial charge on any atom is -0.425 e. The summed E-state index contributed by atoms with van der Waals surface area (Å²) >= 11 is 1.67. The molecule has 5 heteroatoms. The molecule has 4 nitrogen and oxygen atoms in total. The maximum absolute atomic E-state index is 12.2. The van der Waals surface area contributed by atoms with E-state index < -0.39 is 6.04 Å². The summed E-state index contributed by atoms with van der Waals surface area (Å²) in [6.45, 7) is 2.03. The van der Waals surface area contributed by atoms with Gasteiger partial charge in [0.15, 0.2) is 0 Å². The summed E-state index contributed by atoms with van der Waals surface area (Å²) in [7, 11) is 0. The Hall–Kier alpha value is -1.49. The number of nitrogens with zero attached hydrogens (tertiary/aromatic N) is 1. The lowest BCUT2D eigenvalue weighted by molar-refractivity contribution is -0.146. The van der Waals surface area contributed by atoms with Crippen molar-refractivity contribution in [3.63, 3.8) is 0 Å². The number of ether oxygens (including phenoxy) is 1. The number of para-hydroxylation sites is 1. The van der Waals surface area contributed by atoms with Crippen LogP contribution in [0.4, 0.5) is 0 Å². The quantitative estimate of drug-likeness (QED) is 0.613. The van der Waals surface area contributed by atoms with Crippen molar-refractivity contribution in [2.45, 2.75) is 30.7 Å². The molecule has 0 spiro atoms. The maximum Gasteiger partial charge on any atom is 0.335 e. The second kappa shape index (κ2) is 4.56. The first kappa shape index (κ1) is 12.5. The van der Waals surface area contributed by atoms with Crippen LogP contribution in [-0.4, -0.2) is 33.4 Å². The molecule has 2 aliphatic rings. The number of thioether (sulfide) groups is 1. The predicted molar refractivity (Wildman–Crippen MR) is 72.8 cm³/mol. The summed E-state index contributed by atoms with van der Waals surface area (Å²) in [5.74, 6) is 0.867. The molecule has 2 fully saturated rings. The fourth-order valence-electron chi connectivity index (χ4n) is 2.67. The third-order valence-corrected chi connectivity index (χ3v) is 5.18. The van der Waals surface area contributed by atoms with Gasteiger partial charge in [0.05, 0.1) is 4.87 Å². The molecule has 19 heavy (non-hydrogen) atoms. The van der Waals surface area contributed by atoms with Gasteiger partial charge in [0.1, 0.15) is 11.8 Å². The molecule has 2 heterocycles. The molecule has 2 aliphatic heterocycles. The lowest BCUT2D eigenvalue weighted by atomic mass is 10.2. The second-order valence-corrected chi connectivity index (χ2v) is 6.50. The van der Waals surface area contributed by atoms with E-state index in [-0.39, 0.29) is 16.7 Å². The summed E-state index contributed by atoms with van der Waals surface area (Å²) in [5, 5.41) is 0. The van der Waals surface area contributed by atoms with Gasteiger partial charge in [-0.1, -0.05) is 18.2 Å². The van der Waals surface area contributed by atoms with Crippen LogP contribution in [0.15, 0.2) is 30.3 Å². The first-order valence-corrected chi connectivity index (χ1v) is 7.32. The van der Waals surface area contributed by atoms with E-state index >= 15 is 0 Å². The van der Waals surface area contributed by atoms with Crippen molar-refractivity contribution in [1.82, 2.24) is 4.90 Å². The number of carbonyl (C=O) groups is 2. The molecule has 0 aromatic heterocycles. The molecule has 100 valence electrons. The van der Waals surface area contributed by atoms with E-state index in [0.29, 0.717) is 17.9 Å². The minimum atomic E-state index is -0.454. The Kier molecular flexibility index (Phi) is 3.01. The Labute approximate surface area is 116 Å². The van der Waals surface area contributed by atoms with E-state index in [2.05, 4.69) is 0 Å². The monoisotopic (exact) mass is 277 g/mol. The number of hydrogen-bond acceptors (Lipinski definition) is 4. The molecule has 1 aromatic carbocycles. The molecular weight excluding hydrogens is 262 g/mol. The largest absolute Gasteiger partial charge is 0.425 e. The van der Waals surface area contributed by atoms with E-state index in [9.17, 15) is 9.59 Å². The number of esters is 1. The molecule has 0 aliphatic carbocycles. The summed E-state index contributed by atoms with van der Waals surface area (Å²) in [6.07, 6.45) is 1.34. The van der Waals surface area contributed by atoms with Crippen molar-refractivity contribution in [1.29, 1.82) is 0 Å². The standard InChI is InChI=1S/C14H15NO3S/c1-14-8-7-12(16)15(14)11(9-19-14)13(17)18-10-5-3-2-4-6-10/h2-6,11H,7-9H2,1H3/t11-,14-/m1/s1. The van der Waals surface area contributed by atoms with Gasteiger partial charge < -0.3 is 9.64 Å². The number of hydrogen-bond donors (Lipinski definition) is 0. The average molecular weight is 277 g/mol. The Morgan fingerprint density at radius 1 is 1.42 bits per heavy atom. The second-order valence-electron chi connectivity index (χ2n) is 5.00. The topological polar surface area (TPSA) is 46.6 Å². The third kappa shape index (κ3) is 2.12. The number of carbonyl (C=O) groups excluding carboxylic acids is 2. The number of benzene rings is 1. The molecule has 2 saturated heterocycles. The normalized spacial score (nSPS) is 29.4. The van der Waals surface area contributed by atoms with E-state index in [1.807, 2.05) is 25.1 Å². The van der Waals surface area contributed by atoms with Crippen LogP contribution in [0.2, 0.25) is 0 Å². The number of amides is 1. The molecule has 0 unspecified atom stereocenters. The SMILES string of the molecule is C[C@@]12CCC(=O)N1[C@@H](C(=O)Oc1ccccc1)CS2. The summed E-state index contributed by atoms with van der Waals surface area (Å²) in [5.41, 5.74) is 0. The van der Waals surface area contributed by atoms with Crippen molar-refractivity contribution >= 4 is 23.6 Å². The highest BCUT2D eigenvalue weighted by Gasteiger charge is 2.53. The highest BCUT2D eigenvalue weighted by molar-refractivity contribution is 8.01. The van der Waals surface area contributed by atoms with Crippen LogP contribution in [0, 0.1) is 0 Å². The smallest absolute Gasteiger partial charge is 0.335 e. The van der Waals surface area contributed by atoms with Crippen molar-refractivity contribution < 1.29 is 14.3 Å². The van der Waals surface area contributed by atoms with Gasteiger partial charge >= 0.3 is 5.97 Å². The van der Waals surface area contributed by atoms with E-state index in [0.717, 1.165) is 6.42 Å². The Bertz CT molecular complexity index is 519. The highest BCUT2D eigenvalue weighted by Crippen LogP contribution is 2.47. The van der Waals surface area contributed by atoms with Gasteiger partial charge in [-0.25, -0.2) is 4.79 Å². The zero-order chi connectivity index (χ0) is 13.5. The van der Waals surface area contributed by atoms with Crippen LogP contribution in [-0.2, 0) is 9.59 Å². The van der Waals surface area contributed by atoms with Crippen LogP contribution in [0.1, 0.15) is 19.8 Å². The summed E-state index contributed by atoms with van der Waals surface area (Å²) < 4.78 is 5.35. The molecule has 0 saturated carbocycles. The van der Waals surface area contributed by atoms with Crippen molar-refractivity contribution in [2.24, 2.45) is 0 Å². The molecule has 0 N–H and O–H groups in total. The van der Waals surface area contributed by atoms with Gasteiger partial charge in [-0.2, -0.15) is 0 Å². The third-order valence-electron chi connectivity index (χ3n) is 3.68. The molecule has 1 aromatic rings.